The summed E-state index contributed by atoms with van der Waals surface area (Å²) >= 11 is 0. The first-order valence-electron chi connectivity index (χ1n) is 15.5. The van der Waals surface area contributed by atoms with Crippen molar-refractivity contribution in [1.82, 2.24) is 9.97 Å². The number of aromatic amines is 2. The van der Waals surface area contributed by atoms with Gasteiger partial charge in [-0.15, -0.1) is 0 Å². The summed E-state index contributed by atoms with van der Waals surface area (Å²) in [6.45, 7) is 20.1. The molecule has 2 aromatic heterocycles. The van der Waals surface area contributed by atoms with Crippen molar-refractivity contribution < 1.29 is 0 Å². The number of benzene rings is 1. The Balaban J connectivity index is 1.65. The Morgan fingerprint density at radius 2 is 1.48 bits per heavy atom. The molecule has 1 aromatic carbocycles. The smallest absolute Gasteiger partial charge is 0.0922 e. The van der Waals surface area contributed by atoms with Crippen LogP contribution in [-0.2, 0) is 19.3 Å². The van der Waals surface area contributed by atoms with E-state index in [-0.39, 0.29) is 5.54 Å². The summed E-state index contributed by atoms with van der Waals surface area (Å²) in [6.07, 6.45) is 10.4. The van der Waals surface area contributed by atoms with Gasteiger partial charge in [-0.2, -0.15) is 0 Å². The molecule has 42 heavy (non-hydrogen) atoms. The molecule has 2 N–H and O–H groups in total. The van der Waals surface area contributed by atoms with Gasteiger partial charge in [0, 0.05) is 34.9 Å². The molecule has 3 aromatic rings. The Hall–Kier alpha value is -3.92. The number of fused-ring (bicyclic) bond motifs is 6. The molecule has 3 aliphatic heterocycles. The maximum atomic E-state index is 5.62. The highest BCUT2D eigenvalue weighted by Crippen LogP contribution is 2.40. The molecule has 8 bridgehead atoms. The average molecular weight is 557 g/mol. The van der Waals surface area contributed by atoms with E-state index in [0.29, 0.717) is 0 Å². The lowest BCUT2D eigenvalue weighted by Gasteiger charge is -2.29. The average Bonchev–Trinajstić information content (AvgIpc) is 3.59. The van der Waals surface area contributed by atoms with E-state index in [1.807, 2.05) is 0 Å². The first kappa shape index (κ1) is 28.2. The second-order valence-corrected chi connectivity index (χ2v) is 12.6. The number of rotatable bonds is 4. The zero-order chi connectivity index (χ0) is 29.9. The molecule has 1 unspecified atom stereocenters. The number of aryl methyl sites for hydroxylation is 1. The number of aliphatic imine (C=N–C) groups is 2. The molecule has 3 aliphatic rings. The minimum Gasteiger partial charge on any atom is -0.358 e. The molecule has 0 amide bonds. The molecule has 4 heteroatoms. The predicted molar refractivity (Wildman–Crippen MR) is 178 cm³/mol. The summed E-state index contributed by atoms with van der Waals surface area (Å²) in [7, 11) is 0. The molecule has 1 atom stereocenters. The lowest BCUT2D eigenvalue weighted by molar-refractivity contribution is 0.496. The van der Waals surface area contributed by atoms with E-state index >= 15 is 0 Å². The maximum absolute atomic E-state index is 5.62. The second-order valence-electron chi connectivity index (χ2n) is 12.6. The highest BCUT2D eigenvalue weighted by molar-refractivity contribution is 6.24. The number of aromatic nitrogens is 2. The fraction of sp³-hybridized carbons (Fsp3) is 0.368. The van der Waals surface area contributed by atoms with Crippen molar-refractivity contribution in [2.75, 3.05) is 0 Å². The zero-order valence-corrected chi connectivity index (χ0v) is 26.8. The molecule has 0 saturated carbocycles. The zero-order valence-electron chi connectivity index (χ0n) is 26.8. The quantitative estimate of drug-likeness (QED) is 0.343. The minimum absolute atomic E-state index is 0.366. The first-order valence-corrected chi connectivity index (χ1v) is 15.5. The molecular weight excluding hydrogens is 512 g/mol. The van der Waals surface area contributed by atoms with E-state index in [1.54, 1.807) is 0 Å². The molecule has 0 aliphatic carbocycles. The molecule has 5 heterocycles. The van der Waals surface area contributed by atoms with Gasteiger partial charge in [-0.05, 0) is 130 Å². The lowest BCUT2D eigenvalue weighted by atomic mass is 9.80. The molecule has 0 radical (unpaired) electrons. The number of hydrogen-bond acceptors (Lipinski definition) is 2. The van der Waals surface area contributed by atoms with E-state index in [0.717, 1.165) is 53.5 Å². The molecule has 6 rings (SSSR count). The highest BCUT2D eigenvalue weighted by Gasteiger charge is 2.39. The van der Waals surface area contributed by atoms with Crippen LogP contribution in [0, 0.1) is 27.7 Å². The summed E-state index contributed by atoms with van der Waals surface area (Å²) < 4.78 is 0. The van der Waals surface area contributed by atoms with Gasteiger partial charge in [-0.25, -0.2) is 4.99 Å². The van der Waals surface area contributed by atoms with Crippen LogP contribution < -0.4 is 10.7 Å². The third-order valence-corrected chi connectivity index (χ3v) is 10.2. The van der Waals surface area contributed by atoms with Gasteiger partial charge < -0.3 is 9.97 Å². The van der Waals surface area contributed by atoms with Crippen LogP contribution in [0.2, 0.25) is 0 Å². The van der Waals surface area contributed by atoms with Gasteiger partial charge in [-0.3, -0.25) is 4.99 Å². The minimum atomic E-state index is -0.366. The number of H-pyrrole nitrogens is 2. The Morgan fingerprint density at radius 3 is 2.17 bits per heavy atom. The molecule has 0 spiro atoms. The fourth-order valence-corrected chi connectivity index (χ4v) is 7.07. The van der Waals surface area contributed by atoms with Crippen molar-refractivity contribution in [3.63, 3.8) is 0 Å². The number of allylic oxidation sites excluding steroid dienone is 4. The van der Waals surface area contributed by atoms with E-state index in [2.05, 4.69) is 115 Å². The molecule has 216 valence electrons. The Kier molecular flexibility index (Phi) is 7.00. The summed E-state index contributed by atoms with van der Waals surface area (Å²) in [5.41, 5.74) is 18.3. The fourth-order valence-electron chi connectivity index (χ4n) is 7.07. The lowest BCUT2D eigenvalue weighted by Crippen LogP contribution is -2.33. The van der Waals surface area contributed by atoms with Crippen LogP contribution >= 0.6 is 0 Å². The molecule has 4 nitrogen and oxygen atoms in total. The molecule has 0 fully saturated rings. The third-order valence-electron chi connectivity index (χ3n) is 10.2. The van der Waals surface area contributed by atoms with E-state index < -0.39 is 0 Å². The maximum Gasteiger partial charge on any atom is 0.0922 e. The van der Waals surface area contributed by atoms with E-state index in [9.17, 15) is 0 Å². The Labute approximate surface area is 250 Å². The topological polar surface area (TPSA) is 56.3 Å². The molecule has 0 saturated heterocycles. The number of nitrogens with zero attached hydrogens (tertiary/aromatic N) is 2. The number of nitrogens with one attached hydrogen (secondary N) is 2. The van der Waals surface area contributed by atoms with Crippen molar-refractivity contribution in [1.29, 1.82) is 0 Å². The first-order chi connectivity index (χ1) is 20.0. The van der Waals surface area contributed by atoms with Gasteiger partial charge >= 0.3 is 0 Å². The van der Waals surface area contributed by atoms with Gasteiger partial charge in [0.05, 0.1) is 22.7 Å². The van der Waals surface area contributed by atoms with E-state index in [1.165, 1.54) is 67.1 Å². The van der Waals surface area contributed by atoms with Gasteiger partial charge in [0.25, 0.3) is 0 Å². The van der Waals surface area contributed by atoms with E-state index in [4.69, 9.17) is 9.98 Å². The SMILES string of the molecule is CCC1=C(C)/C2=C/C3=NC(Cc4ccc(C)cc4)(Cc4[nH]c(c(C)c4C)C=c4[nH]c(c(CC)c4C)=CC1=N2)C(C)=C3C. The monoisotopic (exact) mass is 556 g/mol. The van der Waals surface area contributed by atoms with Crippen molar-refractivity contribution in [2.45, 2.75) is 93.5 Å². The van der Waals surface area contributed by atoms with Crippen LogP contribution in [0.5, 0.6) is 0 Å². The van der Waals surface area contributed by atoms with Crippen LogP contribution in [0.25, 0.3) is 12.2 Å². The summed E-state index contributed by atoms with van der Waals surface area (Å²) in [4.78, 5) is 18.5. The van der Waals surface area contributed by atoms with Crippen LogP contribution in [0.4, 0.5) is 0 Å². The van der Waals surface area contributed by atoms with Gasteiger partial charge in [-0.1, -0.05) is 43.7 Å². The summed E-state index contributed by atoms with van der Waals surface area (Å²) in [5.74, 6) is 0. The Bertz CT molecular complexity index is 1890. The predicted octanol–water partition coefficient (Wildman–Crippen LogP) is 7.14. The van der Waals surface area contributed by atoms with Crippen LogP contribution in [0.1, 0.15) is 85.8 Å². The third kappa shape index (κ3) is 4.52. The Morgan fingerprint density at radius 1 is 0.738 bits per heavy atom. The van der Waals surface area contributed by atoms with Gasteiger partial charge in [0.2, 0.25) is 0 Å². The largest absolute Gasteiger partial charge is 0.358 e. The van der Waals surface area contributed by atoms with Crippen LogP contribution in [0.15, 0.2) is 68.3 Å². The van der Waals surface area contributed by atoms with Crippen molar-refractivity contribution in [2.24, 2.45) is 9.98 Å². The van der Waals surface area contributed by atoms with Crippen molar-refractivity contribution in [3.05, 3.63) is 114 Å². The van der Waals surface area contributed by atoms with Crippen molar-refractivity contribution in [3.8, 4) is 0 Å². The summed E-state index contributed by atoms with van der Waals surface area (Å²) in [6, 6.07) is 8.97. The van der Waals surface area contributed by atoms with Crippen molar-refractivity contribution >= 4 is 23.6 Å². The summed E-state index contributed by atoms with van der Waals surface area (Å²) in [5, 5.41) is 2.33. The normalized spacial score (nSPS) is 21.2. The second kappa shape index (κ2) is 10.4. The standard InChI is InChI=1S/C38H44N4/c1-10-29-25(7)32-16-31-22(4)23(5)37(41-31)20-38(19-28-14-12-21(3)13-15-28)27(9)24(6)34(42-38)17-33-26(8)30(11-2)36(40-33)18-35(29)39-32/h12-18,39,41H,10-11,19-20H2,1-9H3/b32-16?,33-17-,35-18?. The number of hydrogen-bond donors (Lipinski definition) is 2. The molecular formula is C38H44N4. The van der Waals surface area contributed by atoms with Gasteiger partial charge in [0.15, 0.2) is 0 Å². The van der Waals surface area contributed by atoms with Crippen LogP contribution in [-0.4, -0.2) is 26.9 Å². The van der Waals surface area contributed by atoms with Crippen LogP contribution in [0.3, 0.4) is 0 Å². The van der Waals surface area contributed by atoms with Gasteiger partial charge in [0.1, 0.15) is 0 Å². The highest BCUT2D eigenvalue weighted by atomic mass is 14.9.